The lowest BCUT2D eigenvalue weighted by Crippen LogP contribution is -2.38. The van der Waals surface area contributed by atoms with E-state index in [9.17, 15) is 4.79 Å². The zero-order valence-corrected chi connectivity index (χ0v) is 13.8. The Morgan fingerprint density at radius 3 is 2.82 bits per heavy atom. The lowest BCUT2D eigenvalue weighted by atomic mass is 9.78. The van der Waals surface area contributed by atoms with Gasteiger partial charge in [-0.1, -0.05) is 18.6 Å². The standard InChI is InChI=1S/C17H24N2O2.ClH/c1-2-21-16-9-4-3-7-13(16)17(20)19-10-12-6-5-8-15(18)14(12)11-19;/h3-4,7,9,12,14-15H,2,5-6,8,10-11,18H2,1H3;1H. The molecule has 1 heterocycles. The fourth-order valence-electron chi connectivity index (χ4n) is 3.78. The van der Waals surface area contributed by atoms with Gasteiger partial charge in [-0.15, -0.1) is 12.4 Å². The molecular weight excluding hydrogens is 300 g/mol. The van der Waals surface area contributed by atoms with Crippen molar-refractivity contribution < 1.29 is 9.53 Å². The molecule has 0 spiro atoms. The molecular formula is C17H25ClN2O2. The normalized spacial score (nSPS) is 27.0. The molecule has 22 heavy (non-hydrogen) atoms. The maximum Gasteiger partial charge on any atom is 0.257 e. The van der Waals surface area contributed by atoms with Crippen molar-refractivity contribution in [2.45, 2.75) is 32.2 Å². The third-order valence-corrected chi connectivity index (χ3v) is 4.86. The van der Waals surface area contributed by atoms with E-state index >= 15 is 0 Å². The van der Waals surface area contributed by atoms with Crippen LogP contribution in [-0.2, 0) is 0 Å². The molecule has 4 nitrogen and oxygen atoms in total. The Balaban J connectivity index is 0.00000176. The highest BCUT2D eigenvalue weighted by Gasteiger charge is 2.40. The zero-order valence-electron chi connectivity index (χ0n) is 13.0. The summed E-state index contributed by atoms with van der Waals surface area (Å²) in [6, 6.07) is 7.77. The second-order valence-corrected chi connectivity index (χ2v) is 6.16. The second kappa shape index (κ2) is 7.34. The van der Waals surface area contributed by atoms with Gasteiger partial charge in [0.2, 0.25) is 0 Å². The maximum atomic E-state index is 12.8. The van der Waals surface area contributed by atoms with Crippen LogP contribution >= 0.6 is 12.4 Å². The second-order valence-electron chi connectivity index (χ2n) is 6.16. The first kappa shape index (κ1) is 17.1. The van der Waals surface area contributed by atoms with Crippen LogP contribution in [0.5, 0.6) is 5.75 Å². The van der Waals surface area contributed by atoms with Crippen LogP contribution in [-0.4, -0.2) is 36.5 Å². The van der Waals surface area contributed by atoms with Gasteiger partial charge in [0.05, 0.1) is 12.2 Å². The van der Waals surface area contributed by atoms with Gasteiger partial charge >= 0.3 is 0 Å². The number of fused-ring (bicyclic) bond motifs is 1. The van der Waals surface area contributed by atoms with Gasteiger partial charge in [-0.2, -0.15) is 0 Å². The van der Waals surface area contributed by atoms with Gasteiger partial charge in [0, 0.05) is 19.1 Å². The van der Waals surface area contributed by atoms with Crippen LogP contribution in [0.4, 0.5) is 0 Å². The first-order chi connectivity index (χ1) is 10.2. The van der Waals surface area contributed by atoms with Gasteiger partial charge < -0.3 is 15.4 Å². The van der Waals surface area contributed by atoms with Crippen molar-refractivity contribution in [2.24, 2.45) is 17.6 Å². The summed E-state index contributed by atoms with van der Waals surface area (Å²) >= 11 is 0. The average Bonchev–Trinajstić information content (AvgIpc) is 2.93. The number of ether oxygens (including phenoxy) is 1. The van der Waals surface area contributed by atoms with Crippen LogP contribution in [0.3, 0.4) is 0 Å². The molecule has 1 aromatic carbocycles. The van der Waals surface area contributed by atoms with Crippen molar-refractivity contribution in [3.63, 3.8) is 0 Å². The largest absolute Gasteiger partial charge is 0.493 e. The van der Waals surface area contributed by atoms with E-state index in [1.54, 1.807) is 0 Å². The van der Waals surface area contributed by atoms with E-state index in [0.717, 1.165) is 19.5 Å². The molecule has 2 aliphatic rings. The molecule has 1 amide bonds. The van der Waals surface area contributed by atoms with Gasteiger partial charge in [-0.3, -0.25) is 4.79 Å². The van der Waals surface area contributed by atoms with E-state index < -0.39 is 0 Å². The number of benzene rings is 1. The molecule has 0 aromatic heterocycles. The molecule has 1 aliphatic heterocycles. The quantitative estimate of drug-likeness (QED) is 0.930. The smallest absolute Gasteiger partial charge is 0.257 e. The molecule has 3 unspecified atom stereocenters. The minimum Gasteiger partial charge on any atom is -0.493 e. The lowest BCUT2D eigenvalue weighted by Gasteiger charge is -2.29. The Kier molecular flexibility index (Phi) is 5.70. The Morgan fingerprint density at radius 1 is 1.32 bits per heavy atom. The number of nitrogens with zero attached hydrogens (tertiary/aromatic N) is 1. The fourth-order valence-corrected chi connectivity index (χ4v) is 3.78. The van der Waals surface area contributed by atoms with Crippen molar-refractivity contribution in [3.05, 3.63) is 29.8 Å². The van der Waals surface area contributed by atoms with Crippen molar-refractivity contribution in [1.82, 2.24) is 4.90 Å². The zero-order chi connectivity index (χ0) is 14.8. The Labute approximate surface area is 138 Å². The first-order valence-corrected chi connectivity index (χ1v) is 7.97. The summed E-state index contributed by atoms with van der Waals surface area (Å²) in [7, 11) is 0. The third-order valence-electron chi connectivity index (χ3n) is 4.86. The third kappa shape index (κ3) is 3.23. The Bertz CT molecular complexity index is 523. The van der Waals surface area contributed by atoms with Crippen LogP contribution in [0.25, 0.3) is 0 Å². The maximum absolute atomic E-state index is 12.8. The molecule has 1 saturated heterocycles. The van der Waals surface area contributed by atoms with Gasteiger partial charge in [0.15, 0.2) is 0 Å². The lowest BCUT2D eigenvalue weighted by molar-refractivity contribution is 0.0779. The van der Waals surface area contributed by atoms with Crippen LogP contribution in [0, 0.1) is 11.8 Å². The van der Waals surface area contributed by atoms with E-state index in [4.69, 9.17) is 10.5 Å². The van der Waals surface area contributed by atoms with Crippen molar-refractivity contribution in [1.29, 1.82) is 0 Å². The van der Waals surface area contributed by atoms with E-state index in [0.29, 0.717) is 29.8 Å². The van der Waals surface area contributed by atoms with Crippen LogP contribution < -0.4 is 10.5 Å². The number of nitrogens with two attached hydrogens (primary N) is 1. The minimum absolute atomic E-state index is 0. The summed E-state index contributed by atoms with van der Waals surface area (Å²) in [6.45, 7) is 4.15. The van der Waals surface area contributed by atoms with Gasteiger partial charge in [-0.25, -0.2) is 0 Å². The molecule has 1 aromatic rings. The number of halogens is 1. The number of carbonyl (C=O) groups excluding carboxylic acids is 1. The number of amides is 1. The molecule has 1 aliphatic carbocycles. The number of carbonyl (C=O) groups is 1. The average molecular weight is 325 g/mol. The number of hydrogen-bond donors (Lipinski definition) is 1. The van der Waals surface area contributed by atoms with E-state index in [1.807, 2.05) is 36.1 Å². The van der Waals surface area contributed by atoms with Crippen LogP contribution in [0.1, 0.15) is 36.5 Å². The molecule has 1 saturated carbocycles. The SMILES string of the molecule is CCOc1ccccc1C(=O)N1CC2CCCC(N)C2C1.Cl. The van der Waals surface area contributed by atoms with Gasteiger partial charge in [0.25, 0.3) is 5.91 Å². The van der Waals surface area contributed by atoms with E-state index in [1.165, 1.54) is 12.8 Å². The number of hydrogen-bond acceptors (Lipinski definition) is 3. The summed E-state index contributed by atoms with van der Waals surface area (Å²) in [5.41, 5.74) is 6.91. The van der Waals surface area contributed by atoms with Crippen molar-refractivity contribution >= 4 is 18.3 Å². The highest BCUT2D eigenvalue weighted by Crippen LogP contribution is 2.36. The monoisotopic (exact) mass is 324 g/mol. The van der Waals surface area contributed by atoms with Crippen molar-refractivity contribution in [2.75, 3.05) is 19.7 Å². The molecule has 2 fully saturated rings. The molecule has 2 N–H and O–H groups in total. The predicted octanol–water partition coefficient (Wildman–Crippen LogP) is 2.71. The van der Waals surface area contributed by atoms with E-state index in [-0.39, 0.29) is 24.4 Å². The highest BCUT2D eigenvalue weighted by atomic mass is 35.5. The first-order valence-electron chi connectivity index (χ1n) is 7.97. The summed E-state index contributed by atoms with van der Waals surface area (Å²) in [5.74, 6) is 1.82. The molecule has 3 atom stereocenters. The molecule has 5 heteroatoms. The van der Waals surface area contributed by atoms with Gasteiger partial charge in [0.1, 0.15) is 5.75 Å². The summed E-state index contributed by atoms with van der Waals surface area (Å²) < 4.78 is 5.59. The van der Waals surface area contributed by atoms with E-state index in [2.05, 4.69) is 0 Å². The Morgan fingerprint density at radius 2 is 2.09 bits per heavy atom. The Hall–Kier alpha value is -1.26. The molecule has 0 radical (unpaired) electrons. The fraction of sp³-hybridized carbons (Fsp3) is 0.588. The topological polar surface area (TPSA) is 55.6 Å². The minimum atomic E-state index is 0. The molecule has 0 bridgehead atoms. The van der Waals surface area contributed by atoms with Gasteiger partial charge in [-0.05, 0) is 43.7 Å². The summed E-state index contributed by atoms with van der Waals surface area (Å²) in [4.78, 5) is 14.8. The summed E-state index contributed by atoms with van der Waals surface area (Å²) in [5, 5.41) is 0. The molecule has 3 rings (SSSR count). The van der Waals surface area contributed by atoms with Crippen LogP contribution in [0.2, 0.25) is 0 Å². The number of para-hydroxylation sites is 1. The molecule has 122 valence electrons. The summed E-state index contributed by atoms with van der Waals surface area (Å²) in [6.07, 6.45) is 3.49. The highest BCUT2D eigenvalue weighted by molar-refractivity contribution is 5.97. The predicted molar refractivity (Wildman–Crippen MR) is 89.6 cm³/mol. The van der Waals surface area contributed by atoms with Crippen LogP contribution in [0.15, 0.2) is 24.3 Å². The van der Waals surface area contributed by atoms with Crippen molar-refractivity contribution in [3.8, 4) is 5.75 Å². The number of likely N-dealkylation sites (tertiary alicyclic amines) is 1. The number of rotatable bonds is 3.